The quantitative estimate of drug-likeness (QED) is 0.693. The van der Waals surface area contributed by atoms with Crippen LogP contribution in [-0.4, -0.2) is 21.6 Å². The summed E-state index contributed by atoms with van der Waals surface area (Å²) in [5.74, 6) is 2.48. The van der Waals surface area contributed by atoms with Crippen molar-refractivity contribution in [2.24, 2.45) is 0 Å². The first kappa shape index (κ1) is 17.0. The van der Waals surface area contributed by atoms with Crippen LogP contribution in [0.4, 0.5) is 5.69 Å². The van der Waals surface area contributed by atoms with Crippen LogP contribution in [0.5, 0.6) is 11.5 Å². The van der Waals surface area contributed by atoms with Gasteiger partial charge in [0.25, 0.3) is 0 Å². The van der Waals surface area contributed by atoms with Gasteiger partial charge in [-0.2, -0.15) is 0 Å². The Labute approximate surface area is 150 Å². The summed E-state index contributed by atoms with van der Waals surface area (Å²) in [7, 11) is 0. The summed E-state index contributed by atoms with van der Waals surface area (Å²) in [4.78, 5) is 20.2. The lowest BCUT2D eigenvalue weighted by molar-refractivity contribution is -0.113. The van der Waals surface area contributed by atoms with E-state index >= 15 is 0 Å². The summed E-state index contributed by atoms with van der Waals surface area (Å²) >= 11 is 1.53. The average Bonchev–Trinajstić information content (AvgIpc) is 2.65. The molecule has 1 aromatic carbocycles. The topological polar surface area (TPSA) is 64.1 Å². The fourth-order valence-corrected chi connectivity index (χ4v) is 2.82. The molecule has 0 spiro atoms. The van der Waals surface area contributed by atoms with Gasteiger partial charge in [-0.25, -0.2) is 0 Å². The SMILES string of the molecule is O=C(CSCc1ccccn1)Nc1ccc(Oc2ccncc2)cc1. The molecule has 0 aliphatic rings. The average molecular weight is 351 g/mol. The molecule has 0 atom stereocenters. The van der Waals surface area contributed by atoms with E-state index in [2.05, 4.69) is 15.3 Å². The minimum atomic E-state index is -0.0382. The number of hydrogen-bond donors (Lipinski definition) is 1. The molecule has 1 amide bonds. The van der Waals surface area contributed by atoms with Crippen molar-refractivity contribution in [1.82, 2.24) is 9.97 Å². The molecular weight excluding hydrogens is 334 g/mol. The van der Waals surface area contributed by atoms with E-state index in [4.69, 9.17) is 4.74 Å². The minimum absolute atomic E-state index is 0.0382. The number of amides is 1. The highest BCUT2D eigenvalue weighted by atomic mass is 32.2. The van der Waals surface area contributed by atoms with Gasteiger partial charge in [-0.1, -0.05) is 6.07 Å². The molecule has 0 unspecified atom stereocenters. The molecule has 0 aliphatic heterocycles. The molecule has 2 aromatic heterocycles. The molecular formula is C19H17N3O2S. The van der Waals surface area contributed by atoms with Crippen LogP contribution in [0.15, 0.2) is 73.2 Å². The number of rotatable bonds is 7. The second-order valence-electron chi connectivity index (χ2n) is 5.17. The predicted octanol–water partition coefficient (Wildman–Crippen LogP) is 4.14. The first-order chi connectivity index (χ1) is 12.3. The van der Waals surface area contributed by atoms with Crippen molar-refractivity contribution < 1.29 is 9.53 Å². The van der Waals surface area contributed by atoms with Gasteiger partial charge in [0.1, 0.15) is 11.5 Å². The zero-order valence-corrected chi connectivity index (χ0v) is 14.3. The van der Waals surface area contributed by atoms with Crippen molar-refractivity contribution in [2.75, 3.05) is 11.1 Å². The number of carbonyl (C=O) groups is 1. The van der Waals surface area contributed by atoms with Crippen molar-refractivity contribution >= 4 is 23.4 Å². The third-order valence-electron chi connectivity index (χ3n) is 3.23. The number of nitrogens with one attached hydrogen (secondary N) is 1. The van der Waals surface area contributed by atoms with Crippen LogP contribution in [0.25, 0.3) is 0 Å². The highest BCUT2D eigenvalue weighted by Crippen LogP contribution is 2.22. The number of pyridine rings is 2. The Kier molecular flexibility index (Phi) is 6.01. The van der Waals surface area contributed by atoms with Gasteiger partial charge in [0.2, 0.25) is 5.91 Å². The van der Waals surface area contributed by atoms with Crippen molar-refractivity contribution in [2.45, 2.75) is 5.75 Å². The lowest BCUT2D eigenvalue weighted by Gasteiger charge is -2.08. The van der Waals surface area contributed by atoms with E-state index in [0.717, 1.165) is 17.1 Å². The van der Waals surface area contributed by atoms with Gasteiger partial charge in [0, 0.05) is 30.0 Å². The van der Waals surface area contributed by atoms with Gasteiger partial charge in [0.15, 0.2) is 0 Å². The fraction of sp³-hybridized carbons (Fsp3) is 0.105. The van der Waals surface area contributed by atoms with Crippen LogP contribution in [0, 0.1) is 0 Å². The molecule has 6 heteroatoms. The van der Waals surface area contributed by atoms with Crippen molar-refractivity contribution in [1.29, 1.82) is 0 Å². The summed E-state index contributed by atoms with van der Waals surface area (Å²) in [6.07, 6.45) is 5.10. The second kappa shape index (κ2) is 8.84. The number of nitrogens with zero attached hydrogens (tertiary/aromatic N) is 2. The van der Waals surface area contributed by atoms with Crippen LogP contribution in [0.3, 0.4) is 0 Å². The normalized spacial score (nSPS) is 10.2. The Morgan fingerprint density at radius 1 is 0.960 bits per heavy atom. The monoisotopic (exact) mass is 351 g/mol. The Morgan fingerprint density at radius 3 is 2.44 bits per heavy atom. The van der Waals surface area contributed by atoms with Crippen LogP contribution >= 0.6 is 11.8 Å². The molecule has 0 saturated carbocycles. The zero-order valence-electron chi connectivity index (χ0n) is 13.5. The van der Waals surface area contributed by atoms with Gasteiger partial charge < -0.3 is 10.1 Å². The number of benzene rings is 1. The number of carbonyl (C=O) groups excluding carboxylic acids is 1. The number of thioether (sulfide) groups is 1. The lowest BCUT2D eigenvalue weighted by atomic mass is 10.3. The summed E-state index contributed by atoms with van der Waals surface area (Å²) in [5, 5.41) is 2.87. The third-order valence-corrected chi connectivity index (χ3v) is 4.20. The Hall–Kier alpha value is -2.86. The van der Waals surface area contributed by atoms with Gasteiger partial charge in [-0.05, 0) is 48.5 Å². The molecule has 2 heterocycles. The molecule has 3 aromatic rings. The van der Waals surface area contributed by atoms with E-state index in [9.17, 15) is 4.79 Å². The van der Waals surface area contributed by atoms with Crippen LogP contribution in [-0.2, 0) is 10.5 Å². The van der Waals surface area contributed by atoms with E-state index in [1.54, 1.807) is 30.7 Å². The second-order valence-corrected chi connectivity index (χ2v) is 6.16. The number of aromatic nitrogens is 2. The van der Waals surface area contributed by atoms with Gasteiger partial charge in [0.05, 0.1) is 11.4 Å². The van der Waals surface area contributed by atoms with E-state index in [1.807, 2.05) is 42.5 Å². The maximum atomic E-state index is 12.0. The largest absolute Gasteiger partial charge is 0.457 e. The van der Waals surface area contributed by atoms with E-state index in [-0.39, 0.29) is 5.91 Å². The molecule has 1 N–H and O–H groups in total. The summed E-state index contributed by atoms with van der Waals surface area (Å²) in [6.45, 7) is 0. The molecule has 0 saturated heterocycles. The maximum absolute atomic E-state index is 12.0. The van der Waals surface area contributed by atoms with E-state index in [1.165, 1.54) is 11.8 Å². The van der Waals surface area contributed by atoms with Crippen LogP contribution in [0.1, 0.15) is 5.69 Å². The molecule has 126 valence electrons. The molecule has 0 radical (unpaired) electrons. The zero-order chi connectivity index (χ0) is 17.3. The molecule has 0 aliphatic carbocycles. The molecule has 25 heavy (non-hydrogen) atoms. The van der Waals surface area contributed by atoms with Crippen LogP contribution < -0.4 is 10.1 Å². The molecule has 0 fully saturated rings. The smallest absolute Gasteiger partial charge is 0.234 e. The van der Waals surface area contributed by atoms with E-state index < -0.39 is 0 Å². The van der Waals surface area contributed by atoms with Crippen molar-refractivity contribution in [3.05, 3.63) is 78.9 Å². The van der Waals surface area contributed by atoms with Gasteiger partial charge >= 0.3 is 0 Å². The number of hydrogen-bond acceptors (Lipinski definition) is 5. The van der Waals surface area contributed by atoms with E-state index in [0.29, 0.717) is 17.3 Å². The minimum Gasteiger partial charge on any atom is -0.457 e. The summed E-state index contributed by atoms with van der Waals surface area (Å²) in [6, 6.07) is 16.6. The maximum Gasteiger partial charge on any atom is 0.234 e. The number of ether oxygens (including phenoxy) is 1. The molecule has 3 rings (SSSR count). The molecule has 0 bridgehead atoms. The first-order valence-corrected chi connectivity index (χ1v) is 8.90. The Bertz CT molecular complexity index is 796. The fourth-order valence-electron chi connectivity index (χ4n) is 2.08. The first-order valence-electron chi connectivity index (χ1n) is 7.75. The van der Waals surface area contributed by atoms with Gasteiger partial charge in [-0.3, -0.25) is 14.8 Å². The van der Waals surface area contributed by atoms with Crippen molar-refractivity contribution in [3.63, 3.8) is 0 Å². The van der Waals surface area contributed by atoms with Crippen molar-refractivity contribution in [3.8, 4) is 11.5 Å². The van der Waals surface area contributed by atoms with Crippen LogP contribution in [0.2, 0.25) is 0 Å². The Morgan fingerprint density at radius 2 is 1.72 bits per heavy atom. The predicted molar refractivity (Wildman–Crippen MR) is 99.8 cm³/mol. The standard InChI is InChI=1S/C19H17N3O2S/c23-19(14-25-13-16-3-1-2-10-21-16)22-15-4-6-17(7-5-15)24-18-8-11-20-12-9-18/h1-12H,13-14H2,(H,22,23). The number of anilines is 1. The highest BCUT2D eigenvalue weighted by molar-refractivity contribution is 7.99. The van der Waals surface area contributed by atoms with Gasteiger partial charge in [-0.15, -0.1) is 11.8 Å². The summed E-state index contributed by atoms with van der Waals surface area (Å²) in [5.41, 5.74) is 1.71. The Balaban J connectivity index is 1.45. The lowest BCUT2D eigenvalue weighted by Crippen LogP contribution is -2.14. The third kappa shape index (κ3) is 5.61. The summed E-state index contributed by atoms with van der Waals surface area (Å²) < 4.78 is 5.69. The highest BCUT2D eigenvalue weighted by Gasteiger charge is 2.04. The molecule has 5 nitrogen and oxygen atoms in total.